The molecule has 5 rings (SSSR count). The summed E-state index contributed by atoms with van der Waals surface area (Å²) in [6.45, 7) is -2.84. The highest BCUT2D eigenvalue weighted by Gasteiger charge is 2.57. The Balaban J connectivity index is 1.45. The number of halogens is 5. The first kappa shape index (κ1) is 28.0. The Bertz CT molecular complexity index is 1740. The minimum absolute atomic E-state index is 0.0102. The summed E-state index contributed by atoms with van der Waals surface area (Å²) in [5.74, 6) is -0.544. The molecule has 0 spiro atoms. The Kier molecular flexibility index (Phi) is 7.12. The van der Waals surface area contributed by atoms with Crippen molar-refractivity contribution < 1.29 is 36.6 Å². The summed E-state index contributed by atoms with van der Waals surface area (Å²) < 4.78 is 70.7. The number of nitrogens with zero attached hydrogens (tertiary/aromatic N) is 5. The van der Waals surface area contributed by atoms with Crippen LogP contribution in [0.1, 0.15) is 23.5 Å². The number of aromatic amines is 1. The van der Waals surface area contributed by atoms with Gasteiger partial charge in [0.15, 0.2) is 5.60 Å². The zero-order chi connectivity index (χ0) is 29.5. The highest BCUT2D eigenvalue weighted by Crippen LogP contribution is 2.37. The summed E-state index contributed by atoms with van der Waals surface area (Å²) in [5.41, 5.74) is -2.58. The third kappa shape index (κ3) is 5.42. The van der Waals surface area contributed by atoms with Gasteiger partial charge in [0.1, 0.15) is 30.8 Å². The zero-order valence-electron chi connectivity index (χ0n) is 21.1. The fraction of sp³-hybridized carbons (Fsp3) is 0.346. The number of benzene rings is 2. The lowest BCUT2D eigenvalue weighted by molar-refractivity contribution is -0.253. The number of aromatic nitrogens is 4. The van der Waals surface area contributed by atoms with Gasteiger partial charge in [0, 0.05) is 24.4 Å². The minimum Gasteiger partial charge on any atom is -0.486 e. The van der Waals surface area contributed by atoms with E-state index >= 15 is 0 Å². The van der Waals surface area contributed by atoms with Crippen molar-refractivity contribution in [2.24, 2.45) is 0 Å². The van der Waals surface area contributed by atoms with Gasteiger partial charge in [-0.1, -0.05) is 18.2 Å². The number of hydrogen-bond donors (Lipinski definition) is 2. The Labute approximate surface area is 227 Å². The first-order valence-electron chi connectivity index (χ1n) is 12.3. The highest BCUT2D eigenvalue weighted by molar-refractivity contribution is 5.85. The lowest BCUT2D eigenvalue weighted by atomic mass is 10.0. The Morgan fingerprint density at radius 3 is 2.63 bits per heavy atom. The molecule has 1 fully saturated rings. The molecule has 1 unspecified atom stereocenters. The van der Waals surface area contributed by atoms with Crippen LogP contribution >= 0.6 is 0 Å². The predicted molar refractivity (Wildman–Crippen MR) is 133 cm³/mol. The molecule has 0 radical (unpaired) electrons. The van der Waals surface area contributed by atoms with Crippen LogP contribution < -0.4 is 10.3 Å². The number of carbonyl (C=O) groups is 1. The van der Waals surface area contributed by atoms with Crippen LogP contribution in [0.3, 0.4) is 0 Å². The van der Waals surface area contributed by atoms with Crippen LogP contribution in [0.4, 0.5) is 22.0 Å². The molecule has 15 heteroatoms. The van der Waals surface area contributed by atoms with Gasteiger partial charge in [-0.2, -0.15) is 23.5 Å². The monoisotopic (exact) mass is 576 g/mol. The number of imidazole rings is 1. The van der Waals surface area contributed by atoms with Gasteiger partial charge in [0.2, 0.25) is 5.91 Å². The number of carbonyl (C=O) groups excluding carboxylic acids is 1. The maximum atomic E-state index is 13.2. The van der Waals surface area contributed by atoms with Crippen LogP contribution in [-0.4, -0.2) is 73.6 Å². The highest BCUT2D eigenvalue weighted by atomic mass is 19.4. The summed E-state index contributed by atoms with van der Waals surface area (Å²) in [5, 5.41) is 24.3. The molecule has 214 valence electrons. The van der Waals surface area contributed by atoms with Crippen LogP contribution in [0.15, 0.2) is 41.2 Å². The number of amides is 1. The van der Waals surface area contributed by atoms with E-state index in [1.165, 1.54) is 18.2 Å². The molecule has 0 saturated carbocycles. The molecule has 0 aliphatic carbocycles. The first-order valence-corrected chi connectivity index (χ1v) is 12.3. The smallest absolute Gasteiger partial charge is 0.419 e. The number of alkyl halides is 5. The van der Waals surface area contributed by atoms with Crippen molar-refractivity contribution in [3.05, 3.63) is 63.8 Å². The Hall–Kier alpha value is -4.58. The van der Waals surface area contributed by atoms with E-state index in [1.807, 2.05) is 6.07 Å². The second-order valence-electron chi connectivity index (χ2n) is 9.59. The van der Waals surface area contributed by atoms with Gasteiger partial charge in [0.25, 0.3) is 12.0 Å². The van der Waals surface area contributed by atoms with Gasteiger partial charge in [-0.15, -0.1) is 0 Å². The molecular formula is C26H21F5N6O4. The van der Waals surface area contributed by atoms with Gasteiger partial charge in [-0.05, 0) is 12.1 Å². The SMILES string of the molecule is N#Cc1cc2[nH]c(Cc3nn(CC(=O)N4CCC(O)(C(F)(F)F)C4)c(=O)c4ccccc34)nc2cc1OCC(F)F. The molecule has 0 bridgehead atoms. The maximum Gasteiger partial charge on any atom is 0.419 e. The normalized spacial score (nSPS) is 17.5. The number of H-pyrrole nitrogens is 1. The van der Waals surface area contributed by atoms with Crippen molar-refractivity contribution >= 4 is 27.7 Å². The predicted octanol–water partition coefficient (Wildman–Crippen LogP) is 2.90. The standard InChI is InChI=1S/C26H21F5N6O4/c27-21(28)12-41-20-8-19-18(7-14(20)10-32)33-22(34-19)9-17-15-3-1-2-4-16(15)24(39)37(35-17)11-23(38)36-6-5-25(40,13-36)26(29,30)31/h1-4,7-8,21,40H,5-6,9,11-13H2,(H,33,34). The quantitative estimate of drug-likeness (QED) is 0.323. The fourth-order valence-electron chi connectivity index (χ4n) is 4.70. The molecule has 2 N–H and O–H groups in total. The van der Waals surface area contributed by atoms with Gasteiger partial charge in [-0.25, -0.2) is 18.4 Å². The second kappa shape index (κ2) is 10.4. The summed E-state index contributed by atoms with van der Waals surface area (Å²) in [4.78, 5) is 34.2. The van der Waals surface area contributed by atoms with Crippen LogP contribution in [0.25, 0.3) is 21.8 Å². The van der Waals surface area contributed by atoms with Crippen molar-refractivity contribution in [1.82, 2.24) is 24.6 Å². The van der Waals surface area contributed by atoms with Crippen molar-refractivity contribution in [2.45, 2.75) is 37.6 Å². The van der Waals surface area contributed by atoms with E-state index in [0.29, 0.717) is 27.9 Å². The minimum atomic E-state index is -4.91. The molecule has 3 heterocycles. The maximum absolute atomic E-state index is 13.2. The first-order chi connectivity index (χ1) is 19.4. The van der Waals surface area contributed by atoms with E-state index < -0.39 is 55.8 Å². The molecule has 1 aliphatic heterocycles. The van der Waals surface area contributed by atoms with E-state index in [2.05, 4.69) is 15.1 Å². The lowest BCUT2D eigenvalue weighted by Gasteiger charge is -2.26. The van der Waals surface area contributed by atoms with Gasteiger partial charge < -0.3 is 19.7 Å². The number of hydrogen-bond acceptors (Lipinski definition) is 7. The van der Waals surface area contributed by atoms with Gasteiger partial charge >= 0.3 is 6.18 Å². The molecule has 1 amide bonds. The van der Waals surface area contributed by atoms with E-state index in [9.17, 15) is 41.9 Å². The second-order valence-corrected chi connectivity index (χ2v) is 9.59. The van der Waals surface area contributed by atoms with Crippen molar-refractivity contribution in [2.75, 3.05) is 19.7 Å². The van der Waals surface area contributed by atoms with Crippen molar-refractivity contribution in [3.63, 3.8) is 0 Å². The molecule has 1 aliphatic rings. The molecule has 10 nitrogen and oxygen atoms in total. The number of likely N-dealkylation sites (tertiary alicyclic amines) is 1. The topological polar surface area (TPSA) is 137 Å². The summed E-state index contributed by atoms with van der Waals surface area (Å²) >= 11 is 0. The number of β-amino-alcohol motifs (C(OH)–C–C–N with tert-alkyl or cyclic N) is 1. The van der Waals surface area contributed by atoms with E-state index in [-0.39, 0.29) is 29.7 Å². The number of aliphatic hydroxyl groups is 1. The third-order valence-electron chi connectivity index (χ3n) is 6.81. The molecule has 1 saturated heterocycles. The summed E-state index contributed by atoms with van der Waals surface area (Å²) in [6.07, 6.45) is -8.32. The lowest BCUT2D eigenvalue weighted by Crippen LogP contribution is -2.48. The molecule has 4 aromatic rings. The Morgan fingerprint density at radius 1 is 1.24 bits per heavy atom. The molecule has 2 aromatic carbocycles. The van der Waals surface area contributed by atoms with E-state index in [1.54, 1.807) is 18.2 Å². The number of nitrogens with one attached hydrogen (secondary N) is 1. The van der Waals surface area contributed by atoms with Crippen LogP contribution in [0.2, 0.25) is 0 Å². The van der Waals surface area contributed by atoms with Crippen LogP contribution in [0, 0.1) is 11.3 Å². The number of rotatable bonds is 7. The van der Waals surface area contributed by atoms with Crippen LogP contribution in [0.5, 0.6) is 5.75 Å². The number of nitriles is 1. The van der Waals surface area contributed by atoms with E-state index in [0.717, 1.165) is 9.58 Å². The van der Waals surface area contributed by atoms with Crippen molar-refractivity contribution in [3.8, 4) is 11.8 Å². The van der Waals surface area contributed by atoms with Gasteiger partial charge in [0.05, 0.1) is 40.6 Å². The number of ether oxygens (including phenoxy) is 1. The third-order valence-corrected chi connectivity index (χ3v) is 6.81. The average Bonchev–Trinajstić information content (AvgIpc) is 3.52. The van der Waals surface area contributed by atoms with Crippen LogP contribution in [-0.2, 0) is 17.8 Å². The Morgan fingerprint density at radius 2 is 1.98 bits per heavy atom. The average molecular weight is 576 g/mol. The zero-order valence-corrected chi connectivity index (χ0v) is 21.1. The molecule has 1 atom stereocenters. The van der Waals surface area contributed by atoms with Crippen molar-refractivity contribution in [1.29, 1.82) is 5.26 Å². The summed E-state index contributed by atoms with van der Waals surface area (Å²) in [7, 11) is 0. The molecular weight excluding hydrogens is 555 g/mol. The van der Waals surface area contributed by atoms with E-state index in [4.69, 9.17) is 4.74 Å². The largest absolute Gasteiger partial charge is 0.486 e. The van der Waals surface area contributed by atoms with Gasteiger partial charge in [-0.3, -0.25) is 9.59 Å². The summed E-state index contributed by atoms with van der Waals surface area (Å²) in [6, 6.07) is 11.1. The molecule has 2 aromatic heterocycles. The number of fused-ring (bicyclic) bond motifs is 2. The fourth-order valence-corrected chi connectivity index (χ4v) is 4.70. The molecule has 41 heavy (non-hydrogen) atoms.